The molecule has 0 aliphatic carbocycles. The second-order valence-corrected chi connectivity index (χ2v) is 5.38. The quantitative estimate of drug-likeness (QED) is 0.903. The van der Waals surface area contributed by atoms with E-state index in [4.69, 9.17) is 0 Å². The van der Waals surface area contributed by atoms with Gasteiger partial charge in [-0.3, -0.25) is 4.79 Å². The summed E-state index contributed by atoms with van der Waals surface area (Å²) in [5.74, 6) is -0.272. The molecule has 2 aromatic rings. The molecule has 0 saturated carbocycles. The zero-order valence-corrected chi connectivity index (χ0v) is 11.8. The molecule has 4 heteroatoms. The molecule has 21 heavy (non-hydrogen) atoms. The number of hydrogen-bond acceptors (Lipinski definition) is 2. The molecular formula is C17H17FN2O. The highest BCUT2D eigenvalue weighted by atomic mass is 19.1. The number of hydrogen-bond donors (Lipinski definition) is 2. The Morgan fingerprint density at radius 1 is 1.33 bits per heavy atom. The Morgan fingerprint density at radius 2 is 2.14 bits per heavy atom. The van der Waals surface area contributed by atoms with E-state index in [2.05, 4.69) is 10.6 Å². The van der Waals surface area contributed by atoms with Gasteiger partial charge in [0.2, 0.25) is 5.91 Å². The van der Waals surface area contributed by atoms with E-state index in [0.717, 1.165) is 17.8 Å². The van der Waals surface area contributed by atoms with E-state index in [1.165, 1.54) is 17.7 Å². The molecule has 3 nitrogen and oxygen atoms in total. The molecule has 0 radical (unpaired) electrons. The Hall–Kier alpha value is -2.36. The first-order valence-electron chi connectivity index (χ1n) is 7.02. The van der Waals surface area contributed by atoms with Crippen LogP contribution in [0.5, 0.6) is 0 Å². The molecule has 1 aliphatic heterocycles. The molecule has 1 amide bonds. The van der Waals surface area contributed by atoms with Crippen LogP contribution in [0.2, 0.25) is 0 Å². The summed E-state index contributed by atoms with van der Waals surface area (Å²) in [6.07, 6.45) is 0.389. The highest BCUT2D eigenvalue weighted by molar-refractivity contribution is 5.92. The van der Waals surface area contributed by atoms with Gasteiger partial charge in [-0.1, -0.05) is 24.3 Å². The van der Waals surface area contributed by atoms with Crippen molar-refractivity contribution in [2.45, 2.75) is 19.3 Å². The van der Waals surface area contributed by atoms with Gasteiger partial charge in [-0.25, -0.2) is 4.39 Å². The van der Waals surface area contributed by atoms with Gasteiger partial charge in [-0.2, -0.15) is 0 Å². The number of carbonyl (C=O) groups is 1. The molecule has 0 fully saturated rings. The number of aryl methyl sites for hydroxylation is 1. The van der Waals surface area contributed by atoms with Gasteiger partial charge in [0.1, 0.15) is 5.82 Å². The fraction of sp³-hybridized carbons (Fsp3) is 0.235. The number of fused-ring (bicyclic) bond motifs is 1. The zero-order chi connectivity index (χ0) is 14.8. The normalized spacial score (nSPS) is 16.2. The number of benzene rings is 2. The van der Waals surface area contributed by atoms with Crippen LogP contribution < -0.4 is 10.6 Å². The fourth-order valence-electron chi connectivity index (χ4n) is 2.69. The largest absolute Gasteiger partial charge is 0.384 e. The minimum Gasteiger partial charge on any atom is -0.384 e. The topological polar surface area (TPSA) is 41.1 Å². The zero-order valence-electron chi connectivity index (χ0n) is 11.8. The van der Waals surface area contributed by atoms with E-state index >= 15 is 0 Å². The summed E-state index contributed by atoms with van der Waals surface area (Å²) < 4.78 is 13.2. The Kier molecular flexibility index (Phi) is 3.60. The van der Waals surface area contributed by atoms with Crippen LogP contribution in [0, 0.1) is 12.7 Å². The summed E-state index contributed by atoms with van der Waals surface area (Å²) in [5, 5.41) is 6.10. The Labute approximate surface area is 123 Å². The van der Waals surface area contributed by atoms with Crippen molar-refractivity contribution in [3.05, 3.63) is 59.4 Å². The van der Waals surface area contributed by atoms with Crippen LogP contribution in [-0.4, -0.2) is 12.5 Å². The van der Waals surface area contributed by atoms with Gasteiger partial charge in [0.15, 0.2) is 0 Å². The van der Waals surface area contributed by atoms with Crippen LogP contribution >= 0.6 is 0 Å². The maximum Gasteiger partial charge on any atom is 0.225 e. The van der Waals surface area contributed by atoms with E-state index in [1.54, 1.807) is 6.07 Å². The smallest absolute Gasteiger partial charge is 0.225 e. The van der Waals surface area contributed by atoms with Crippen molar-refractivity contribution in [2.24, 2.45) is 0 Å². The highest BCUT2D eigenvalue weighted by Crippen LogP contribution is 2.33. The molecule has 1 heterocycles. The Morgan fingerprint density at radius 3 is 3.00 bits per heavy atom. The van der Waals surface area contributed by atoms with Gasteiger partial charge in [0.05, 0.1) is 0 Å². The van der Waals surface area contributed by atoms with E-state index in [-0.39, 0.29) is 17.6 Å². The standard InChI is InChI=1S/C17H17FN2O/c1-11-6-7-13(18)9-16(11)20-17(21)8-12-10-19-15-5-3-2-4-14(12)15/h2-7,9,12,19H,8,10H2,1H3,(H,20,21). The van der Waals surface area contributed by atoms with Crippen molar-refractivity contribution >= 4 is 17.3 Å². The third-order valence-electron chi connectivity index (χ3n) is 3.85. The second kappa shape index (κ2) is 5.56. The van der Waals surface area contributed by atoms with Gasteiger partial charge in [0.25, 0.3) is 0 Å². The van der Waals surface area contributed by atoms with Crippen LogP contribution in [-0.2, 0) is 4.79 Å². The average Bonchev–Trinajstić information content (AvgIpc) is 2.86. The van der Waals surface area contributed by atoms with E-state index < -0.39 is 0 Å². The van der Waals surface area contributed by atoms with Crippen molar-refractivity contribution in [1.82, 2.24) is 0 Å². The van der Waals surface area contributed by atoms with Crippen molar-refractivity contribution in [1.29, 1.82) is 0 Å². The molecule has 2 aromatic carbocycles. The van der Waals surface area contributed by atoms with Crippen LogP contribution in [0.3, 0.4) is 0 Å². The van der Waals surface area contributed by atoms with Gasteiger partial charge < -0.3 is 10.6 Å². The maximum atomic E-state index is 13.2. The van der Waals surface area contributed by atoms with E-state index in [1.807, 2.05) is 31.2 Å². The number of para-hydroxylation sites is 1. The average molecular weight is 284 g/mol. The van der Waals surface area contributed by atoms with Crippen LogP contribution in [0.4, 0.5) is 15.8 Å². The lowest BCUT2D eigenvalue weighted by Gasteiger charge is -2.12. The number of rotatable bonds is 3. The summed E-state index contributed by atoms with van der Waals surface area (Å²) in [4.78, 5) is 12.2. The number of carbonyl (C=O) groups excluding carboxylic acids is 1. The molecular weight excluding hydrogens is 267 g/mol. The fourth-order valence-corrected chi connectivity index (χ4v) is 2.69. The van der Waals surface area contributed by atoms with Crippen molar-refractivity contribution in [3.8, 4) is 0 Å². The first-order valence-corrected chi connectivity index (χ1v) is 7.02. The summed E-state index contributed by atoms with van der Waals surface area (Å²) in [7, 11) is 0. The predicted octanol–water partition coefficient (Wildman–Crippen LogP) is 3.67. The first-order chi connectivity index (χ1) is 10.1. The summed E-state index contributed by atoms with van der Waals surface area (Å²) in [6.45, 7) is 2.61. The molecule has 2 N–H and O–H groups in total. The highest BCUT2D eigenvalue weighted by Gasteiger charge is 2.24. The monoisotopic (exact) mass is 284 g/mol. The summed E-state index contributed by atoms with van der Waals surface area (Å²) >= 11 is 0. The van der Waals surface area contributed by atoms with Crippen LogP contribution in [0.25, 0.3) is 0 Å². The lowest BCUT2D eigenvalue weighted by atomic mass is 9.97. The third-order valence-corrected chi connectivity index (χ3v) is 3.85. The molecule has 3 rings (SSSR count). The van der Waals surface area contributed by atoms with Gasteiger partial charge in [0, 0.05) is 30.3 Å². The minimum absolute atomic E-state index is 0.0906. The van der Waals surface area contributed by atoms with Gasteiger partial charge >= 0.3 is 0 Å². The second-order valence-electron chi connectivity index (χ2n) is 5.38. The lowest BCUT2D eigenvalue weighted by molar-refractivity contribution is -0.116. The number of halogens is 1. The molecule has 0 bridgehead atoms. The van der Waals surface area contributed by atoms with Crippen molar-refractivity contribution in [3.63, 3.8) is 0 Å². The molecule has 108 valence electrons. The Bertz CT molecular complexity index is 684. The van der Waals surface area contributed by atoms with Gasteiger partial charge in [-0.05, 0) is 36.2 Å². The molecule has 0 spiro atoms. The van der Waals surface area contributed by atoms with E-state index in [0.29, 0.717) is 12.1 Å². The van der Waals surface area contributed by atoms with Crippen molar-refractivity contribution < 1.29 is 9.18 Å². The van der Waals surface area contributed by atoms with E-state index in [9.17, 15) is 9.18 Å². The number of amides is 1. The number of nitrogens with one attached hydrogen (secondary N) is 2. The molecule has 0 saturated heterocycles. The molecule has 1 atom stereocenters. The maximum absolute atomic E-state index is 13.2. The molecule has 1 unspecified atom stereocenters. The minimum atomic E-state index is -0.344. The first kappa shape index (κ1) is 13.6. The summed E-state index contributed by atoms with van der Waals surface area (Å²) in [5.41, 5.74) is 3.66. The lowest BCUT2D eigenvalue weighted by Crippen LogP contribution is -2.17. The predicted molar refractivity (Wildman–Crippen MR) is 82.1 cm³/mol. The van der Waals surface area contributed by atoms with Crippen molar-refractivity contribution in [2.75, 3.05) is 17.2 Å². The number of anilines is 2. The molecule has 1 aliphatic rings. The third kappa shape index (κ3) is 2.89. The SMILES string of the molecule is Cc1ccc(F)cc1NC(=O)CC1CNc2ccccc21. The van der Waals surface area contributed by atoms with Crippen LogP contribution in [0.1, 0.15) is 23.5 Å². The Balaban J connectivity index is 1.69. The van der Waals surface area contributed by atoms with Crippen LogP contribution in [0.15, 0.2) is 42.5 Å². The molecule has 0 aromatic heterocycles. The summed E-state index contributed by atoms with van der Waals surface area (Å²) in [6, 6.07) is 12.4. The van der Waals surface area contributed by atoms with Gasteiger partial charge in [-0.15, -0.1) is 0 Å².